The Bertz CT molecular complexity index is 714. The van der Waals surface area contributed by atoms with Gasteiger partial charge in [0.15, 0.2) is 5.54 Å². The van der Waals surface area contributed by atoms with Gasteiger partial charge in [-0.2, -0.15) is 0 Å². The molecule has 0 saturated carbocycles. The van der Waals surface area contributed by atoms with Crippen LogP contribution in [0.1, 0.15) is 12.7 Å². The molecule has 0 aliphatic carbocycles. The first-order valence-corrected chi connectivity index (χ1v) is 7.45. The molecule has 1 aliphatic heterocycles. The van der Waals surface area contributed by atoms with Crippen LogP contribution >= 0.6 is 11.6 Å². The second-order valence-electron chi connectivity index (χ2n) is 5.29. The third-order valence-electron chi connectivity index (χ3n) is 3.69. The molecule has 1 aliphatic rings. The Balaban J connectivity index is 1.63. The van der Waals surface area contributed by atoms with Crippen LogP contribution in [0, 0.1) is 0 Å². The standard InChI is InChI=1S/C16H15ClN2O4/c1-16(13-3-2-9-23-13)14(20)19(15(21)18-16)8-10-22-12-6-4-11(17)5-7-12/h2-7,9H,8,10H2,1H3,(H,18,21). The highest BCUT2D eigenvalue weighted by Gasteiger charge is 2.50. The van der Waals surface area contributed by atoms with Crippen LogP contribution in [0.25, 0.3) is 0 Å². The zero-order chi connectivity index (χ0) is 16.4. The molecular formula is C16H15ClN2O4. The molecule has 1 unspecified atom stereocenters. The molecule has 1 aromatic heterocycles. The monoisotopic (exact) mass is 334 g/mol. The van der Waals surface area contributed by atoms with Crippen molar-refractivity contribution in [3.05, 3.63) is 53.4 Å². The predicted molar refractivity (Wildman–Crippen MR) is 83.3 cm³/mol. The highest BCUT2D eigenvalue weighted by Crippen LogP contribution is 2.28. The lowest BCUT2D eigenvalue weighted by Crippen LogP contribution is -2.41. The van der Waals surface area contributed by atoms with Gasteiger partial charge in [-0.3, -0.25) is 9.69 Å². The first-order valence-electron chi connectivity index (χ1n) is 7.07. The second kappa shape index (κ2) is 5.96. The van der Waals surface area contributed by atoms with Crippen molar-refractivity contribution in [2.75, 3.05) is 13.2 Å². The number of imide groups is 1. The molecule has 7 heteroatoms. The van der Waals surface area contributed by atoms with Crippen molar-refractivity contribution in [1.82, 2.24) is 10.2 Å². The number of ether oxygens (including phenoxy) is 1. The molecule has 0 radical (unpaired) electrons. The van der Waals surface area contributed by atoms with Gasteiger partial charge in [-0.25, -0.2) is 4.79 Å². The number of furan rings is 1. The molecule has 1 atom stereocenters. The molecule has 1 saturated heterocycles. The van der Waals surface area contributed by atoms with Gasteiger partial charge >= 0.3 is 6.03 Å². The normalized spacial score (nSPS) is 20.7. The summed E-state index contributed by atoms with van der Waals surface area (Å²) >= 11 is 5.80. The molecule has 3 rings (SSSR count). The fraction of sp³-hybridized carbons (Fsp3) is 0.250. The molecule has 0 bridgehead atoms. The van der Waals surface area contributed by atoms with Crippen molar-refractivity contribution in [3.63, 3.8) is 0 Å². The van der Waals surface area contributed by atoms with Crippen molar-refractivity contribution in [1.29, 1.82) is 0 Å². The Morgan fingerprint density at radius 3 is 2.65 bits per heavy atom. The zero-order valence-electron chi connectivity index (χ0n) is 12.4. The van der Waals surface area contributed by atoms with E-state index in [0.29, 0.717) is 16.5 Å². The van der Waals surface area contributed by atoms with Crippen molar-refractivity contribution in [3.8, 4) is 5.75 Å². The first kappa shape index (κ1) is 15.4. The van der Waals surface area contributed by atoms with Crippen LogP contribution in [-0.2, 0) is 10.3 Å². The Morgan fingerprint density at radius 1 is 1.26 bits per heavy atom. The Labute approximate surface area is 138 Å². The number of carbonyl (C=O) groups excluding carboxylic acids is 2. The molecular weight excluding hydrogens is 320 g/mol. The molecule has 1 fully saturated rings. The van der Waals surface area contributed by atoms with E-state index in [2.05, 4.69) is 5.32 Å². The number of nitrogens with one attached hydrogen (secondary N) is 1. The van der Waals surface area contributed by atoms with Gasteiger partial charge in [0, 0.05) is 5.02 Å². The Hall–Kier alpha value is -2.47. The summed E-state index contributed by atoms with van der Waals surface area (Å²) in [6.07, 6.45) is 1.46. The molecule has 6 nitrogen and oxygen atoms in total. The van der Waals surface area contributed by atoms with E-state index in [-0.39, 0.29) is 19.1 Å². The van der Waals surface area contributed by atoms with E-state index in [9.17, 15) is 9.59 Å². The van der Waals surface area contributed by atoms with Crippen LogP contribution in [-0.4, -0.2) is 30.0 Å². The molecule has 1 aromatic carbocycles. The maximum atomic E-state index is 12.5. The first-order chi connectivity index (χ1) is 11.0. The van der Waals surface area contributed by atoms with Crippen molar-refractivity contribution in [2.24, 2.45) is 0 Å². The number of rotatable bonds is 5. The smallest absolute Gasteiger partial charge is 0.325 e. The SMILES string of the molecule is CC1(c2ccco2)NC(=O)N(CCOc2ccc(Cl)cc2)C1=O. The predicted octanol–water partition coefficient (Wildman–Crippen LogP) is 2.78. The molecule has 3 amide bonds. The van der Waals surface area contributed by atoms with Gasteiger partial charge < -0.3 is 14.5 Å². The molecule has 23 heavy (non-hydrogen) atoms. The van der Waals surface area contributed by atoms with Gasteiger partial charge in [0.05, 0.1) is 12.8 Å². The Morgan fingerprint density at radius 2 is 2.00 bits per heavy atom. The lowest BCUT2D eigenvalue weighted by Gasteiger charge is -2.19. The number of hydrogen-bond donors (Lipinski definition) is 1. The van der Waals surface area contributed by atoms with E-state index in [1.807, 2.05) is 0 Å². The lowest BCUT2D eigenvalue weighted by molar-refractivity contribution is -0.131. The zero-order valence-corrected chi connectivity index (χ0v) is 13.2. The van der Waals surface area contributed by atoms with Crippen LogP contribution < -0.4 is 10.1 Å². The maximum absolute atomic E-state index is 12.5. The summed E-state index contributed by atoms with van der Waals surface area (Å²) in [4.78, 5) is 25.7. The quantitative estimate of drug-likeness (QED) is 0.853. The van der Waals surface area contributed by atoms with E-state index in [0.717, 1.165) is 4.90 Å². The van der Waals surface area contributed by atoms with Crippen LogP contribution in [0.4, 0.5) is 4.79 Å². The summed E-state index contributed by atoms with van der Waals surface area (Å²) in [7, 11) is 0. The van der Waals surface area contributed by atoms with E-state index in [1.54, 1.807) is 43.3 Å². The van der Waals surface area contributed by atoms with Gasteiger partial charge in [0.2, 0.25) is 0 Å². The summed E-state index contributed by atoms with van der Waals surface area (Å²) in [5.41, 5.74) is -1.18. The van der Waals surface area contributed by atoms with E-state index >= 15 is 0 Å². The number of carbonyl (C=O) groups is 2. The number of benzene rings is 1. The minimum absolute atomic E-state index is 0.142. The van der Waals surface area contributed by atoms with Crippen molar-refractivity contribution >= 4 is 23.5 Å². The number of nitrogens with zero attached hydrogens (tertiary/aromatic N) is 1. The third-order valence-corrected chi connectivity index (χ3v) is 3.94. The van der Waals surface area contributed by atoms with Crippen molar-refractivity contribution < 1.29 is 18.7 Å². The second-order valence-corrected chi connectivity index (χ2v) is 5.73. The van der Waals surface area contributed by atoms with Gasteiger partial charge in [-0.1, -0.05) is 11.6 Å². The molecule has 2 heterocycles. The highest BCUT2D eigenvalue weighted by molar-refractivity contribution is 6.30. The third kappa shape index (κ3) is 2.90. The van der Waals surface area contributed by atoms with Gasteiger partial charge in [-0.05, 0) is 43.3 Å². The highest BCUT2D eigenvalue weighted by atomic mass is 35.5. The summed E-state index contributed by atoms with van der Waals surface area (Å²) < 4.78 is 10.8. The summed E-state index contributed by atoms with van der Waals surface area (Å²) in [5.74, 6) is 0.657. The largest absolute Gasteiger partial charge is 0.492 e. The molecule has 1 N–H and O–H groups in total. The molecule has 0 spiro atoms. The van der Waals surface area contributed by atoms with E-state index < -0.39 is 11.6 Å². The number of amides is 3. The van der Waals surface area contributed by atoms with Crippen LogP contribution in [0.5, 0.6) is 5.75 Å². The average Bonchev–Trinajstić information content (AvgIpc) is 3.13. The van der Waals surface area contributed by atoms with Crippen LogP contribution in [0.3, 0.4) is 0 Å². The maximum Gasteiger partial charge on any atom is 0.325 e. The minimum atomic E-state index is -1.18. The fourth-order valence-corrected chi connectivity index (χ4v) is 2.54. The minimum Gasteiger partial charge on any atom is -0.492 e. The summed E-state index contributed by atoms with van der Waals surface area (Å²) in [5, 5.41) is 3.27. The molecule has 120 valence electrons. The van der Waals surface area contributed by atoms with Gasteiger partial charge in [0.1, 0.15) is 18.1 Å². The van der Waals surface area contributed by atoms with Gasteiger partial charge in [-0.15, -0.1) is 0 Å². The average molecular weight is 335 g/mol. The van der Waals surface area contributed by atoms with Crippen LogP contribution in [0.15, 0.2) is 47.1 Å². The number of hydrogen-bond acceptors (Lipinski definition) is 4. The molecule has 2 aromatic rings. The number of urea groups is 1. The van der Waals surface area contributed by atoms with Gasteiger partial charge in [0.25, 0.3) is 5.91 Å². The fourth-order valence-electron chi connectivity index (χ4n) is 2.42. The van der Waals surface area contributed by atoms with E-state index in [4.69, 9.17) is 20.8 Å². The topological polar surface area (TPSA) is 71.8 Å². The Kier molecular flexibility index (Phi) is 4.00. The van der Waals surface area contributed by atoms with Crippen LogP contribution in [0.2, 0.25) is 5.02 Å². The van der Waals surface area contributed by atoms with Crippen molar-refractivity contribution in [2.45, 2.75) is 12.5 Å². The van der Waals surface area contributed by atoms with E-state index in [1.165, 1.54) is 6.26 Å². The summed E-state index contributed by atoms with van der Waals surface area (Å²) in [6, 6.07) is 9.73. The lowest BCUT2D eigenvalue weighted by atomic mass is 9.99. The summed E-state index contributed by atoms with van der Waals surface area (Å²) in [6.45, 7) is 1.95. The number of halogens is 1.